The Balaban J connectivity index is 2.29. The van der Waals surface area contributed by atoms with Gasteiger partial charge in [0.2, 0.25) is 5.13 Å². The van der Waals surface area contributed by atoms with Gasteiger partial charge in [-0.2, -0.15) is 10.2 Å². The van der Waals surface area contributed by atoms with E-state index in [1.54, 1.807) is 37.4 Å². The minimum atomic E-state index is -1.60. The van der Waals surface area contributed by atoms with Crippen LogP contribution in [0.15, 0.2) is 36.5 Å². The number of rotatable bonds is 5. The zero-order chi connectivity index (χ0) is 16.3. The predicted octanol–water partition coefficient (Wildman–Crippen LogP) is 4.35. The molecule has 2 N–H and O–H groups in total. The number of aromatic nitrogens is 1. The molecule has 0 fully saturated rings. The number of hydrogen-bond donors (Lipinski definition) is 2. The lowest BCUT2D eigenvalue weighted by atomic mass is 10.1. The third kappa shape index (κ3) is 3.27. The van der Waals surface area contributed by atoms with E-state index >= 15 is 0 Å². The van der Waals surface area contributed by atoms with Gasteiger partial charge in [-0.1, -0.05) is 55.5 Å². The lowest BCUT2D eigenvalue weighted by molar-refractivity contribution is -0.815. The summed E-state index contributed by atoms with van der Waals surface area (Å²) in [5, 5.41) is 22.6. The maximum absolute atomic E-state index is 12.8. The highest BCUT2D eigenvalue weighted by molar-refractivity contribution is 7.15. The van der Waals surface area contributed by atoms with Gasteiger partial charge in [0.25, 0.3) is 0 Å². The summed E-state index contributed by atoms with van der Waals surface area (Å²) in [7, 11) is 0. The van der Waals surface area contributed by atoms with Crippen molar-refractivity contribution in [2.45, 2.75) is 32.7 Å². The number of thiazole rings is 1. The molecule has 0 aliphatic heterocycles. The Labute approximate surface area is 133 Å². The van der Waals surface area contributed by atoms with Crippen LogP contribution in [0.1, 0.15) is 43.2 Å². The molecule has 0 aliphatic carbocycles. The first-order chi connectivity index (χ1) is 10.3. The molecule has 7 heteroatoms. The van der Waals surface area contributed by atoms with Gasteiger partial charge >= 0.3 is 6.09 Å². The van der Waals surface area contributed by atoms with Crippen LogP contribution in [0.3, 0.4) is 0 Å². The molecule has 0 bridgehead atoms. The summed E-state index contributed by atoms with van der Waals surface area (Å²) in [5.74, 6) is 0.276. The molecule has 1 amide bonds. The Morgan fingerprint density at radius 3 is 2.45 bits per heavy atom. The van der Waals surface area contributed by atoms with Crippen molar-refractivity contribution >= 4 is 22.6 Å². The minimum Gasteiger partial charge on any atom is -0.596 e. The molecule has 1 aromatic heterocycles. The van der Waals surface area contributed by atoms with Crippen molar-refractivity contribution in [3.8, 4) is 0 Å². The van der Waals surface area contributed by atoms with E-state index in [1.807, 2.05) is 19.9 Å². The molecule has 0 saturated heterocycles. The lowest BCUT2D eigenvalue weighted by Gasteiger charge is -2.40. The van der Waals surface area contributed by atoms with Crippen LogP contribution in [0, 0.1) is 5.21 Å². The lowest BCUT2D eigenvalue weighted by Crippen LogP contribution is -2.52. The number of amides is 1. The molecule has 0 saturated carbocycles. The highest BCUT2D eigenvalue weighted by Gasteiger charge is 2.37. The molecule has 22 heavy (non-hydrogen) atoms. The number of nitrogens with one attached hydrogen (secondary N) is 1. The first-order valence-corrected chi connectivity index (χ1v) is 7.78. The van der Waals surface area contributed by atoms with Crippen molar-refractivity contribution in [2.75, 3.05) is 5.43 Å². The third-order valence-corrected chi connectivity index (χ3v) is 4.67. The van der Waals surface area contributed by atoms with Crippen molar-refractivity contribution in [1.29, 1.82) is 0 Å². The van der Waals surface area contributed by atoms with E-state index in [4.69, 9.17) is 0 Å². The summed E-state index contributed by atoms with van der Waals surface area (Å²) in [6.45, 7) is 5.61. The first kappa shape index (κ1) is 16.4. The molecule has 2 rings (SSSR count). The number of quaternary nitrogens is 1. The van der Waals surface area contributed by atoms with Crippen molar-refractivity contribution < 1.29 is 14.7 Å². The molecule has 2 aromatic rings. The van der Waals surface area contributed by atoms with Gasteiger partial charge in [-0.3, -0.25) is 0 Å². The van der Waals surface area contributed by atoms with Gasteiger partial charge in [-0.15, -0.1) is 4.76 Å². The molecule has 0 spiro atoms. The van der Waals surface area contributed by atoms with Gasteiger partial charge < -0.3 is 10.3 Å². The number of hydroxylamine groups is 2. The molecule has 2 unspecified atom stereocenters. The van der Waals surface area contributed by atoms with E-state index < -0.39 is 16.9 Å². The number of nitrogens with zero attached hydrogens (tertiary/aromatic N) is 2. The Kier molecular flexibility index (Phi) is 4.80. The van der Waals surface area contributed by atoms with Gasteiger partial charge in [-0.25, -0.2) is 4.98 Å². The van der Waals surface area contributed by atoms with Crippen LogP contribution >= 0.6 is 11.3 Å². The van der Waals surface area contributed by atoms with E-state index in [-0.39, 0.29) is 5.92 Å². The quantitative estimate of drug-likeness (QED) is 0.632. The Morgan fingerprint density at radius 2 is 1.95 bits per heavy atom. The van der Waals surface area contributed by atoms with Crippen molar-refractivity contribution in [3.05, 3.63) is 52.2 Å². The maximum atomic E-state index is 12.8. The molecule has 0 aliphatic rings. The average molecular weight is 321 g/mol. The smallest absolute Gasteiger partial charge is 0.539 e. The van der Waals surface area contributed by atoms with E-state index in [0.717, 1.165) is 4.88 Å². The summed E-state index contributed by atoms with van der Waals surface area (Å²) in [4.78, 5) is 16.7. The van der Waals surface area contributed by atoms with Gasteiger partial charge in [0, 0.05) is 16.6 Å². The fraction of sp³-hybridized carbons (Fsp3) is 0.333. The van der Waals surface area contributed by atoms with Crippen LogP contribution in [-0.2, 0) is 0 Å². The zero-order valence-corrected chi connectivity index (χ0v) is 13.5. The summed E-state index contributed by atoms with van der Waals surface area (Å²) < 4.78 is -1.60. The molecule has 0 radical (unpaired) electrons. The predicted molar refractivity (Wildman–Crippen MR) is 86.3 cm³/mol. The SMILES string of the molecule is CC(C)c1cnc(N[N+]([O-])(C(=O)O)C(C)c2ccccc2)s1. The normalized spacial score (nSPS) is 15.3. The van der Waals surface area contributed by atoms with E-state index in [0.29, 0.717) is 10.7 Å². The number of carboxylic acid groups (broad SMARTS) is 1. The first-order valence-electron chi connectivity index (χ1n) is 6.96. The largest absolute Gasteiger partial charge is 0.596 e. The number of anilines is 1. The van der Waals surface area contributed by atoms with Crippen molar-refractivity contribution in [3.63, 3.8) is 0 Å². The second kappa shape index (κ2) is 6.43. The molecular formula is C15H19N3O3S. The molecule has 1 aromatic carbocycles. The molecule has 2 atom stereocenters. The van der Waals surface area contributed by atoms with E-state index in [1.165, 1.54) is 11.3 Å². The topological polar surface area (TPSA) is 85.3 Å². The maximum Gasteiger partial charge on any atom is 0.539 e. The van der Waals surface area contributed by atoms with Crippen LogP contribution in [0.25, 0.3) is 0 Å². The summed E-state index contributed by atoms with van der Waals surface area (Å²) in [6, 6.07) is 8.03. The molecule has 1 heterocycles. The number of carbonyl (C=O) groups is 1. The van der Waals surface area contributed by atoms with Gasteiger partial charge in [0.15, 0.2) is 0 Å². The molecule has 118 valence electrons. The number of benzene rings is 1. The Morgan fingerprint density at radius 1 is 1.32 bits per heavy atom. The Hall–Kier alpha value is -1.96. The zero-order valence-electron chi connectivity index (χ0n) is 12.7. The van der Waals surface area contributed by atoms with Crippen LogP contribution in [0.5, 0.6) is 0 Å². The standard InChI is InChI=1S/C15H19N3O3S/c1-10(2)13-9-16-14(22-13)17-18(21,15(19)20)11(3)12-7-5-4-6-8-12/h4-11H,1-3H3,(H,16,17)(H,19,20). The van der Waals surface area contributed by atoms with Crippen LogP contribution in [0.4, 0.5) is 9.93 Å². The van der Waals surface area contributed by atoms with Gasteiger partial charge in [0.1, 0.15) is 6.04 Å². The van der Waals surface area contributed by atoms with Crippen LogP contribution < -0.4 is 5.43 Å². The van der Waals surface area contributed by atoms with Gasteiger partial charge in [-0.05, 0) is 12.8 Å². The highest BCUT2D eigenvalue weighted by atomic mass is 32.1. The monoisotopic (exact) mass is 321 g/mol. The summed E-state index contributed by atoms with van der Waals surface area (Å²) in [6.07, 6.45) is 0.162. The van der Waals surface area contributed by atoms with E-state index in [9.17, 15) is 15.1 Å². The fourth-order valence-electron chi connectivity index (χ4n) is 2.00. The van der Waals surface area contributed by atoms with Gasteiger partial charge in [0.05, 0.1) is 0 Å². The minimum absolute atomic E-state index is 0.276. The Bertz CT molecular complexity index is 644. The summed E-state index contributed by atoms with van der Waals surface area (Å²) in [5.41, 5.74) is 3.16. The molecular weight excluding hydrogens is 302 g/mol. The second-order valence-electron chi connectivity index (χ2n) is 5.36. The van der Waals surface area contributed by atoms with Crippen LogP contribution in [-0.4, -0.2) is 20.9 Å². The van der Waals surface area contributed by atoms with E-state index in [2.05, 4.69) is 10.4 Å². The number of hydrogen-bond acceptors (Lipinski definition) is 5. The second-order valence-corrected chi connectivity index (χ2v) is 6.42. The third-order valence-electron chi connectivity index (χ3n) is 3.47. The molecule has 6 nitrogen and oxygen atoms in total. The van der Waals surface area contributed by atoms with Crippen molar-refractivity contribution in [1.82, 2.24) is 4.98 Å². The average Bonchev–Trinajstić information content (AvgIpc) is 2.95. The van der Waals surface area contributed by atoms with Crippen molar-refractivity contribution in [2.24, 2.45) is 0 Å². The summed E-state index contributed by atoms with van der Waals surface area (Å²) >= 11 is 1.30. The highest BCUT2D eigenvalue weighted by Crippen LogP contribution is 2.32. The van der Waals surface area contributed by atoms with Crippen LogP contribution in [0.2, 0.25) is 0 Å². The fourth-order valence-corrected chi connectivity index (χ4v) is 2.85.